The van der Waals surface area contributed by atoms with Crippen LogP contribution < -0.4 is 5.32 Å². The zero-order valence-electron chi connectivity index (χ0n) is 20.9. The van der Waals surface area contributed by atoms with Crippen LogP contribution in [0.3, 0.4) is 0 Å². The molecule has 0 bridgehead atoms. The van der Waals surface area contributed by atoms with Gasteiger partial charge in [0.1, 0.15) is 10.3 Å². The van der Waals surface area contributed by atoms with E-state index in [4.69, 9.17) is 11.6 Å². The van der Waals surface area contributed by atoms with Crippen molar-refractivity contribution in [2.45, 2.75) is 32.1 Å². The summed E-state index contributed by atoms with van der Waals surface area (Å²) in [6.07, 6.45) is 7.85. The van der Waals surface area contributed by atoms with Crippen LogP contribution in [0.1, 0.15) is 24.5 Å². The van der Waals surface area contributed by atoms with Gasteiger partial charge >= 0.3 is 6.18 Å². The minimum absolute atomic E-state index is 0.0829. The Labute approximate surface area is 235 Å². The molecule has 1 atom stereocenters. The number of amides is 2. The predicted molar refractivity (Wildman–Crippen MR) is 147 cm³/mol. The van der Waals surface area contributed by atoms with Crippen molar-refractivity contribution in [1.29, 1.82) is 0 Å². The van der Waals surface area contributed by atoms with Crippen LogP contribution in [-0.4, -0.2) is 55.1 Å². The molecular weight excluding hydrogens is 575 g/mol. The molecule has 2 aliphatic rings. The Hall–Kier alpha value is -2.80. The average Bonchev–Trinajstić information content (AvgIpc) is 3.10. The molecule has 0 saturated carbocycles. The number of rotatable bonds is 7. The first kappa shape index (κ1) is 30.7. The molecule has 1 N–H and O–H groups in total. The van der Waals surface area contributed by atoms with Crippen LogP contribution >= 0.6 is 24.2 Å². The van der Waals surface area contributed by atoms with E-state index in [-0.39, 0.29) is 36.3 Å². The van der Waals surface area contributed by atoms with E-state index < -0.39 is 33.7 Å². The molecular formula is C26H27ClF3N3O4S2. The summed E-state index contributed by atoms with van der Waals surface area (Å²) in [5.74, 6) is -1.02. The predicted octanol–water partition coefficient (Wildman–Crippen LogP) is 4.52. The van der Waals surface area contributed by atoms with Crippen molar-refractivity contribution in [3.8, 4) is 0 Å². The van der Waals surface area contributed by atoms with Crippen LogP contribution in [-0.2, 0) is 32.3 Å². The van der Waals surface area contributed by atoms with E-state index in [1.807, 2.05) is 12.2 Å². The lowest BCUT2D eigenvalue weighted by atomic mass is 10.1. The lowest BCUT2D eigenvalue weighted by molar-refractivity contribution is -0.138. The van der Waals surface area contributed by atoms with Gasteiger partial charge in [0, 0.05) is 38.1 Å². The number of carbonyl (C=O) groups is 2. The van der Waals surface area contributed by atoms with Crippen molar-refractivity contribution in [3.63, 3.8) is 0 Å². The van der Waals surface area contributed by atoms with E-state index >= 15 is 0 Å². The number of allylic oxidation sites excluding steroid dienone is 9. The second kappa shape index (κ2) is 13.0. The first-order valence-electron chi connectivity index (χ1n) is 11.8. The highest BCUT2D eigenvalue weighted by atomic mass is 35.5. The quantitative estimate of drug-likeness (QED) is 0.355. The number of alkyl halides is 3. The molecule has 0 aromatic heterocycles. The van der Waals surface area contributed by atoms with Crippen LogP contribution in [0.25, 0.3) is 0 Å². The second-order valence-corrected chi connectivity index (χ2v) is 11.8. The first-order valence-corrected chi connectivity index (χ1v) is 14.1. The number of halogens is 4. The lowest BCUT2D eigenvalue weighted by Gasteiger charge is -2.39. The van der Waals surface area contributed by atoms with Crippen LogP contribution in [0, 0.1) is 0 Å². The molecule has 1 fully saturated rings. The fraction of sp³-hybridized carbons (Fsp3) is 0.308. The number of carbonyl (C=O) groups excluding carboxylic acids is 2. The highest BCUT2D eigenvalue weighted by Crippen LogP contribution is 2.29. The third-order valence-electron chi connectivity index (χ3n) is 6.03. The van der Waals surface area contributed by atoms with E-state index in [9.17, 15) is 31.2 Å². The number of hydrogen-bond donors (Lipinski definition) is 2. The monoisotopic (exact) mass is 601 g/mol. The van der Waals surface area contributed by atoms with Crippen molar-refractivity contribution < 1.29 is 31.2 Å². The summed E-state index contributed by atoms with van der Waals surface area (Å²) >= 11 is 10.2. The zero-order chi connectivity index (χ0) is 28.8. The summed E-state index contributed by atoms with van der Waals surface area (Å²) in [4.78, 5) is 26.4. The van der Waals surface area contributed by atoms with Crippen molar-refractivity contribution in [1.82, 2.24) is 14.5 Å². The number of nitrogens with one attached hydrogen (secondary N) is 1. The van der Waals surface area contributed by atoms with Gasteiger partial charge in [-0.25, -0.2) is 8.42 Å². The maximum Gasteiger partial charge on any atom is 0.416 e. The highest BCUT2D eigenvalue weighted by molar-refractivity contribution is 8.09. The van der Waals surface area contributed by atoms with Gasteiger partial charge in [0.05, 0.1) is 5.56 Å². The van der Waals surface area contributed by atoms with Gasteiger partial charge in [0.2, 0.25) is 21.8 Å². The Morgan fingerprint density at radius 1 is 1.15 bits per heavy atom. The largest absolute Gasteiger partial charge is 0.416 e. The van der Waals surface area contributed by atoms with Gasteiger partial charge in [-0.2, -0.15) is 17.5 Å². The molecule has 1 saturated heterocycles. The van der Waals surface area contributed by atoms with Crippen molar-refractivity contribution in [2.75, 3.05) is 19.6 Å². The molecule has 1 aromatic rings. The summed E-state index contributed by atoms with van der Waals surface area (Å²) in [5, 5.41) is 3.16. The van der Waals surface area contributed by atoms with E-state index in [0.29, 0.717) is 17.0 Å². The Morgan fingerprint density at radius 2 is 1.85 bits per heavy atom. The Bertz CT molecular complexity index is 1350. The number of piperazine rings is 1. The van der Waals surface area contributed by atoms with Crippen LogP contribution in [0.5, 0.6) is 0 Å². The van der Waals surface area contributed by atoms with Gasteiger partial charge in [-0.15, -0.1) is 12.6 Å². The molecule has 1 heterocycles. The van der Waals surface area contributed by atoms with Crippen molar-refractivity contribution in [2.24, 2.45) is 0 Å². The normalized spacial score (nSPS) is 19.5. The van der Waals surface area contributed by atoms with E-state index in [1.54, 1.807) is 18.2 Å². The average molecular weight is 602 g/mol. The fourth-order valence-electron chi connectivity index (χ4n) is 3.86. The molecule has 1 aliphatic heterocycles. The smallest absolute Gasteiger partial charge is 0.351 e. The third-order valence-corrected chi connectivity index (χ3v) is 8.87. The van der Waals surface area contributed by atoms with Gasteiger partial charge in [0.25, 0.3) is 0 Å². The van der Waals surface area contributed by atoms with Crippen LogP contribution in [0.2, 0.25) is 0 Å². The summed E-state index contributed by atoms with van der Waals surface area (Å²) < 4.78 is 65.8. The number of nitrogens with zero attached hydrogens (tertiary/aromatic N) is 2. The minimum Gasteiger partial charge on any atom is -0.351 e. The fourth-order valence-corrected chi connectivity index (χ4v) is 5.73. The maximum absolute atomic E-state index is 13.4. The zero-order valence-corrected chi connectivity index (χ0v) is 23.3. The van der Waals surface area contributed by atoms with Gasteiger partial charge in [-0.1, -0.05) is 54.1 Å². The number of thiol groups is 1. The first-order chi connectivity index (χ1) is 18.3. The van der Waals surface area contributed by atoms with Gasteiger partial charge in [-0.3, -0.25) is 9.59 Å². The highest BCUT2D eigenvalue weighted by Gasteiger charge is 2.41. The summed E-state index contributed by atoms with van der Waals surface area (Å²) in [5.41, 5.74) is 0.378. The number of hydrogen-bond acceptors (Lipinski definition) is 5. The molecule has 7 nitrogen and oxygen atoms in total. The van der Waals surface area contributed by atoms with E-state index in [2.05, 4.69) is 17.9 Å². The van der Waals surface area contributed by atoms with Crippen molar-refractivity contribution in [3.05, 3.63) is 92.8 Å². The second-order valence-electron chi connectivity index (χ2n) is 8.74. The minimum atomic E-state index is -4.49. The van der Waals surface area contributed by atoms with Gasteiger partial charge in [-0.05, 0) is 41.8 Å². The Morgan fingerprint density at radius 3 is 2.49 bits per heavy atom. The standard InChI is InChI=1S/C26H27ClF3N3O4S2/c1-18(34)32-14-15-33(39(36,37)24(38)7-3-5-19-4-2-6-22(27)13-10-19)23(17-32)25(35)31-16-20-8-11-21(12-9-20)26(28,29)30/h3-13,23,38H,2,14-17H2,1H3,(H,31,35)/b5-3+,24-7+. The van der Waals surface area contributed by atoms with E-state index in [1.165, 1.54) is 36.1 Å². The van der Waals surface area contributed by atoms with Gasteiger partial charge < -0.3 is 10.2 Å². The SMILES string of the molecule is CC(=O)N1CCN(S(=O)(=O)/C(S)=C/C=C/C2=CCC=C(Cl)C=C2)C(C(=O)NCc2ccc(C(F)(F)F)cc2)C1. The number of benzene rings is 1. The summed E-state index contributed by atoms with van der Waals surface area (Å²) in [6.45, 7) is 0.944. The Kier molecular flexibility index (Phi) is 10.3. The van der Waals surface area contributed by atoms with Crippen LogP contribution in [0.15, 0.2) is 81.6 Å². The molecule has 210 valence electrons. The van der Waals surface area contributed by atoms with Gasteiger partial charge in [0.15, 0.2) is 0 Å². The number of sulfonamides is 1. The molecule has 2 amide bonds. The molecule has 13 heteroatoms. The molecule has 3 rings (SSSR count). The molecule has 1 unspecified atom stereocenters. The molecule has 1 aromatic carbocycles. The third kappa shape index (κ3) is 8.34. The molecule has 1 aliphatic carbocycles. The van der Waals surface area contributed by atoms with E-state index in [0.717, 1.165) is 22.0 Å². The van der Waals surface area contributed by atoms with Crippen LogP contribution in [0.4, 0.5) is 13.2 Å². The Balaban J connectivity index is 1.76. The topological polar surface area (TPSA) is 86.8 Å². The molecule has 39 heavy (non-hydrogen) atoms. The maximum atomic E-state index is 13.4. The summed E-state index contributed by atoms with van der Waals surface area (Å²) in [6, 6.07) is 2.98. The molecule has 0 radical (unpaired) electrons. The molecule has 0 spiro atoms. The lowest BCUT2D eigenvalue weighted by Crippen LogP contribution is -2.61. The van der Waals surface area contributed by atoms with Crippen molar-refractivity contribution >= 4 is 46.1 Å². The summed E-state index contributed by atoms with van der Waals surface area (Å²) in [7, 11) is -4.21.